The van der Waals surface area contributed by atoms with Crippen molar-refractivity contribution in [1.29, 1.82) is 0 Å². The number of aliphatic carboxylic acids is 2. The topological polar surface area (TPSA) is 177 Å². The molecule has 1 rings (SSSR count). The highest BCUT2D eigenvalue weighted by molar-refractivity contribution is 7.58. The van der Waals surface area contributed by atoms with Crippen LogP contribution >= 0.6 is 7.37 Å². The number of hydrogen-bond donors (Lipinski definition) is 5. The van der Waals surface area contributed by atoms with Gasteiger partial charge in [-0.2, -0.15) is 0 Å². The number of benzene rings is 1. The number of aliphatic hydroxyl groups excluding tert-OH is 1. The Labute approximate surface area is 155 Å². The van der Waals surface area contributed by atoms with E-state index in [0.29, 0.717) is 6.07 Å². The van der Waals surface area contributed by atoms with Gasteiger partial charge in [0.05, 0.1) is 0 Å². The standard InChI is InChI=1S/C14H17F3NO9P/c15-14(16,17)27-10-5-7(1-2-9(10)26-6-11(19)20)13(23)28(24,25)4-3-8(18)12(21)22/h1-2,5,8,13,23H,3-4,6,18H2,(H,19,20)(H,21,22)(H,24,25). The number of halogens is 3. The first-order chi connectivity index (χ1) is 12.7. The number of carboxylic acids is 2. The summed E-state index contributed by atoms with van der Waals surface area (Å²) in [5.41, 5.74) is 4.75. The van der Waals surface area contributed by atoms with Crippen LogP contribution in [0.2, 0.25) is 0 Å². The molecule has 0 radical (unpaired) electrons. The van der Waals surface area contributed by atoms with E-state index in [0.717, 1.165) is 12.1 Å². The van der Waals surface area contributed by atoms with Crippen LogP contribution in [0.25, 0.3) is 0 Å². The molecular weight excluding hydrogens is 414 g/mol. The second kappa shape index (κ2) is 9.24. The van der Waals surface area contributed by atoms with E-state index in [9.17, 15) is 37.3 Å². The summed E-state index contributed by atoms with van der Waals surface area (Å²) in [5.74, 6) is -6.74. The molecule has 0 heterocycles. The van der Waals surface area contributed by atoms with E-state index in [4.69, 9.17) is 15.9 Å². The molecule has 10 nitrogen and oxygen atoms in total. The molecular formula is C14H17F3NO9P. The fraction of sp³-hybridized carbons (Fsp3) is 0.429. The Morgan fingerprint density at radius 3 is 2.32 bits per heavy atom. The van der Waals surface area contributed by atoms with E-state index < -0.39 is 73.8 Å². The number of aliphatic hydroxyl groups is 1. The fourth-order valence-corrected chi connectivity index (χ4v) is 3.47. The third-order valence-corrected chi connectivity index (χ3v) is 5.26. The Morgan fingerprint density at radius 1 is 1.21 bits per heavy atom. The molecule has 28 heavy (non-hydrogen) atoms. The molecule has 14 heteroatoms. The second-order valence-electron chi connectivity index (χ2n) is 5.52. The number of nitrogens with two attached hydrogens (primary N) is 1. The lowest BCUT2D eigenvalue weighted by atomic mass is 10.2. The van der Waals surface area contributed by atoms with Gasteiger partial charge in [-0.15, -0.1) is 13.2 Å². The maximum atomic E-state index is 12.5. The van der Waals surface area contributed by atoms with Gasteiger partial charge in [0.25, 0.3) is 0 Å². The maximum Gasteiger partial charge on any atom is 0.573 e. The van der Waals surface area contributed by atoms with Gasteiger partial charge in [-0.3, -0.25) is 9.36 Å². The number of rotatable bonds is 10. The summed E-state index contributed by atoms with van der Waals surface area (Å²) in [6, 6.07) is 0.856. The number of carboxylic acid groups (broad SMARTS) is 2. The molecule has 0 aliphatic heterocycles. The third kappa shape index (κ3) is 7.35. The van der Waals surface area contributed by atoms with E-state index in [2.05, 4.69) is 9.47 Å². The maximum absolute atomic E-state index is 12.5. The quantitative estimate of drug-likeness (QED) is 0.337. The molecule has 1 aromatic carbocycles. The van der Waals surface area contributed by atoms with E-state index in [1.54, 1.807) is 0 Å². The van der Waals surface area contributed by atoms with Gasteiger partial charge < -0.3 is 35.4 Å². The first kappa shape index (κ1) is 23.7. The molecule has 158 valence electrons. The van der Waals surface area contributed by atoms with Gasteiger partial charge in [-0.25, -0.2) is 4.79 Å². The van der Waals surface area contributed by atoms with Crippen molar-refractivity contribution in [3.8, 4) is 11.5 Å². The lowest BCUT2D eigenvalue weighted by molar-refractivity contribution is -0.275. The third-order valence-electron chi connectivity index (χ3n) is 3.30. The van der Waals surface area contributed by atoms with Gasteiger partial charge in [-0.05, 0) is 24.1 Å². The van der Waals surface area contributed by atoms with Crippen LogP contribution in [0.5, 0.6) is 11.5 Å². The molecule has 0 spiro atoms. The average molecular weight is 431 g/mol. The number of hydrogen-bond acceptors (Lipinski definition) is 7. The Kier molecular flexibility index (Phi) is 7.82. The molecule has 0 aliphatic rings. The van der Waals surface area contributed by atoms with Gasteiger partial charge >= 0.3 is 18.3 Å². The molecule has 3 atom stereocenters. The smallest absolute Gasteiger partial charge is 0.480 e. The zero-order valence-corrected chi connectivity index (χ0v) is 14.9. The minimum atomic E-state index is -5.19. The van der Waals surface area contributed by atoms with Gasteiger partial charge in [0, 0.05) is 6.16 Å². The van der Waals surface area contributed by atoms with Crippen LogP contribution in [0.15, 0.2) is 18.2 Å². The lowest BCUT2D eigenvalue weighted by Gasteiger charge is -2.21. The monoisotopic (exact) mass is 431 g/mol. The molecule has 0 saturated carbocycles. The van der Waals surface area contributed by atoms with Crippen molar-refractivity contribution >= 4 is 19.3 Å². The van der Waals surface area contributed by atoms with Crippen LogP contribution in [0.1, 0.15) is 17.8 Å². The zero-order chi connectivity index (χ0) is 21.7. The molecule has 6 N–H and O–H groups in total. The Bertz CT molecular complexity index is 771. The Morgan fingerprint density at radius 2 is 1.82 bits per heavy atom. The number of ether oxygens (including phenoxy) is 2. The predicted octanol–water partition coefficient (Wildman–Crippen LogP) is 1.11. The minimum Gasteiger partial charge on any atom is -0.480 e. The van der Waals surface area contributed by atoms with Gasteiger partial charge in [0.15, 0.2) is 24.0 Å². The van der Waals surface area contributed by atoms with Crippen LogP contribution in [-0.2, 0) is 14.2 Å². The van der Waals surface area contributed by atoms with Crippen molar-refractivity contribution in [3.63, 3.8) is 0 Å². The molecule has 0 aromatic heterocycles. The first-order valence-electron chi connectivity index (χ1n) is 7.45. The van der Waals surface area contributed by atoms with E-state index in [-0.39, 0.29) is 0 Å². The average Bonchev–Trinajstić information content (AvgIpc) is 2.56. The van der Waals surface area contributed by atoms with Gasteiger partial charge in [0.2, 0.25) is 7.37 Å². The van der Waals surface area contributed by atoms with Crippen molar-refractivity contribution in [1.82, 2.24) is 0 Å². The Balaban J connectivity index is 3.11. The van der Waals surface area contributed by atoms with Crippen molar-refractivity contribution in [2.75, 3.05) is 12.8 Å². The lowest BCUT2D eigenvalue weighted by Crippen LogP contribution is -2.31. The molecule has 0 saturated heterocycles. The molecule has 3 unspecified atom stereocenters. The van der Waals surface area contributed by atoms with Crippen molar-refractivity contribution in [3.05, 3.63) is 23.8 Å². The molecule has 1 aromatic rings. The normalized spacial score (nSPS) is 15.9. The predicted molar refractivity (Wildman–Crippen MR) is 86.1 cm³/mol. The highest BCUT2D eigenvalue weighted by Crippen LogP contribution is 2.55. The molecule has 0 aliphatic carbocycles. The highest BCUT2D eigenvalue weighted by Gasteiger charge is 2.35. The summed E-state index contributed by atoms with van der Waals surface area (Å²) in [4.78, 5) is 31.1. The highest BCUT2D eigenvalue weighted by atomic mass is 31.2. The van der Waals surface area contributed by atoms with Crippen LogP contribution in [-0.4, -0.2) is 57.3 Å². The van der Waals surface area contributed by atoms with Crippen LogP contribution in [0, 0.1) is 0 Å². The molecule has 0 amide bonds. The van der Waals surface area contributed by atoms with Crippen LogP contribution in [0.3, 0.4) is 0 Å². The number of alkyl halides is 3. The second-order valence-corrected chi connectivity index (χ2v) is 7.97. The SMILES string of the molecule is NC(CCP(=O)(O)C(O)c1ccc(OCC(=O)O)c(OC(F)(F)F)c1)C(=O)O. The summed E-state index contributed by atoms with van der Waals surface area (Å²) < 4.78 is 58.2. The summed E-state index contributed by atoms with van der Waals surface area (Å²) >= 11 is 0. The van der Waals surface area contributed by atoms with Crippen molar-refractivity contribution in [2.45, 2.75) is 24.7 Å². The molecule has 0 bridgehead atoms. The van der Waals surface area contributed by atoms with Gasteiger partial charge in [0.1, 0.15) is 6.04 Å². The zero-order valence-electron chi connectivity index (χ0n) is 14.0. The number of carbonyl (C=O) groups is 2. The summed E-state index contributed by atoms with van der Waals surface area (Å²) in [6.45, 7) is -0.984. The van der Waals surface area contributed by atoms with Crippen molar-refractivity contribution in [2.24, 2.45) is 5.73 Å². The Hall–Kier alpha value is -2.34. The largest absolute Gasteiger partial charge is 0.573 e. The van der Waals surface area contributed by atoms with E-state index in [1.807, 2.05) is 0 Å². The van der Waals surface area contributed by atoms with E-state index >= 15 is 0 Å². The summed E-state index contributed by atoms with van der Waals surface area (Å²) in [7, 11) is -4.48. The fourth-order valence-electron chi connectivity index (χ4n) is 1.95. The van der Waals surface area contributed by atoms with Crippen LogP contribution < -0.4 is 15.2 Å². The summed E-state index contributed by atoms with van der Waals surface area (Å²) in [6.07, 6.45) is -6.37. The van der Waals surface area contributed by atoms with Gasteiger partial charge in [-0.1, -0.05) is 6.07 Å². The van der Waals surface area contributed by atoms with Crippen LogP contribution in [0.4, 0.5) is 13.2 Å². The first-order valence-corrected chi connectivity index (χ1v) is 9.36. The molecule has 0 fully saturated rings. The minimum absolute atomic E-state index is 0.461. The van der Waals surface area contributed by atoms with Crippen molar-refractivity contribution < 1.29 is 57.0 Å². The van der Waals surface area contributed by atoms with E-state index in [1.165, 1.54) is 0 Å². The summed E-state index contributed by atoms with van der Waals surface area (Å²) in [5, 5.41) is 27.3.